The summed E-state index contributed by atoms with van der Waals surface area (Å²) in [6, 6.07) is 6.74. The quantitative estimate of drug-likeness (QED) is 0.767. The zero-order valence-corrected chi connectivity index (χ0v) is 12.9. The zero-order chi connectivity index (χ0) is 15.1. The van der Waals surface area contributed by atoms with Crippen LogP contribution in [0.5, 0.6) is 0 Å². The SMILES string of the molecule is O=C1Cc2cc(C(Br)c3cc(F)cc(F)c3)c(Cl)cc2N1. The Labute approximate surface area is 133 Å². The third kappa shape index (κ3) is 2.80. The van der Waals surface area contributed by atoms with Crippen LogP contribution in [-0.4, -0.2) is 5.91 Å². The summed E-state index contributed by atoms with van der Waals surface area (Å²) < 4.78 is 26.7. The maximum absolute atomic E-state index is 13.3. The lowest BCUT2D eigenvalue weighted by Crippen LogP contribution is -2.03. The van der Waals surface area contributed by atoms with Crippen molar-refractivity contribution in [2.24, 2.45) is 0 Å². The third-order valence-electron chi connectivity index (χ3n) is 3.30. The lowest BCUT2D eigenvalue weighted by atomic mass is 10.0. The summed E-state index contributed by atoms with van der Waals surface area (Å²) in [5, 5.41) is 3.12. The number of nitrogens with one attached hydrogen (secondary N) is 1. The van der Waals surface area contributed by atoms with E-state index in [0.29, 0.717) is 21.8 Å². The number of halogens is 4. The molecule has 2 nitrogen and oxygen atoms in total. The highest BCUT2D eigenvalue weighted by Gasteiger charge is 2.23. The molecule has 0 aliphatic carbocycles. The molecule has 3 rings (SSSR count). The van der Waals surface area contributed by atoms with Gasteiger partial charge < -0.3 is 5.32 Å². The van der Waals surface area contributed by atoms with Crippen LogP contribution in [0.25, 0.3) is 0 Å². The van der Waals surface area contributed by atoms with Crippen molar-refractivity contribution in [1.29, 1.82) is 0 Å². The molecule has 1 heterocycles. The normalized spacial score (nSPS) is 14.8. The minimum absolute atomic E-state index is 0.0962. The molecule has 0 saturated carbocycles. The molecule has 1 atom stereocenters. The largest absolute Gasteiger partial charge is 0.325 e. The number of carbonyl (C=O) groups excluding carboxylic acids is 1. The van der Waals surface area contributed by atoms with Crippen LogP contribution in [0.3, 0.4) is 0 Å². The minimum Gasteiger partial charge on any atom is -0.325 e. The van der Waals surface area contributed by atoms with Gasteiger partial charge in [0.15, 0.2) is 0 Å². The Morgan fingerprint density at radius 3 is 2.48 bits per heavy atom. The fourth-order valence-corrected chi connectivity index (χ4v) is 3.41. The second-order valence-electron chi connectivity index (χ2n) is 4.82. The van der Waals surface area contributed by atoms with E-state index in [1.54, 1.807) is 12.1 Å². The van der Waals surface area contributed by atoms with Gasteiger partial charge in [-0.05, 0) is 34.9 Å². The summed E-state index contributed by atoms with van der Waals surface area (Å²) in [5.74, 6) is -1.40. The third-order valence-corrected chi connectivity index (χ3v) is 4.65. The van der Waals surface area contributed by atoms with Crippen molar-refractivity contribution < 1.29 is 13.6 Å². The van der Waals surface area contributed by atoms with Crippen molar-refractivity contribution in [3.63, 3.8) is 0 Å². The van der Waals surface area contributed by atoms with E-state index >= 15 is 0 Å². The van der Waals surface area contributed by atoms with E-state index < -0.39 is 16.5 Å². The van der Waals surface area contributed by atoms with Gasteiger partial charge in [-0.1, -0.05) is 33.6 Å². The van der Waals surface area contributed by atoms with Crippen LogP contribution in [0.15, 0.2) is 30.3 Å². The van der Waals surface area contributed by atoms with Crippen molar-refractivity contribution in [3.8, 4) is 0 Å². The van der Waals surface area contributed by atoms with Crippen LogP contribution in [0.2, 0.25) is 5.02 Å². The molecule has 0 fully saturated rings. The smallest absolute Gasteiger partial charge is 0.228 e. The highest BCUT2D eigenvalue weighted by molar-refractivity contribution is 9.09. The fraction of sp³-hybridized carbons (Fsp3) is 0.133. The molecule has 0 radical (unpaired) electrons. The maximum Gasteiger partial charge on any atom is 0.228 e. The molecule has 108 valence electrons. The number of benzene rings is 2. The van der Waals surface area contributed by atoms with Gasteiger partial charge in [0, 0.05) is 16.8 Å². The minimum atomic E-state index is -0.649. The van der Waals surface area contributed by atoms with E-state index in [2.05, 4.69) is 21.2 Å². The number of carbonyl (C=O) groups is 1. The van der Waals surface area contributed by atoms with E-state index in [9.17, 15) is 13.6 Å². The number of alkyl halides is 1. The molecule has 21 heavy (non-hydrogen) atoms. The summed E-state index contributed by atoms with van der Waals surface area (Å²) in [7, 11) is 0. The summed E-state index contributed by atoms with van der Waals surface area (Å²) in [6.07, 6.45) is 0.275. The summed E-state index contributed by atoms with van der Waals surface area (Å²) in [4.78, 5) is 10.9. The summed E-state index contributed by atoms with van der Waals surface area (Å²) >= 11 is 9.62. The predicted molar refractivity (Wildman–Crippen MR) is 80.9 cm³/mol. The molecule has 0 bridgehead atoms. The lowest BCUT2D eigenvalue weighted by molar-refractivity contribution is -0.115. The Balaban J connectivity index is 2.04. The predicted octanol–water partition coefficient (Wildman–Crippen LogP) is 4.60. The van der Waals surface area contributed by atoms with Gasteiger partial charge in [-0.3, -0.25) is 4.79 Å². The van der Waals surface area contributed by atoms with E-state index in [-0.39, 0.29) is 12.3 Å². The van der Waals surface area contributed by atoms with Crippen molar-refractivity contribution in [3.05, 3.63) is 63.7 Å². The van der Waals surface area contributed by atoms with Crippen LogP contribution >= 0.6 is 27.5 Å². The monoisotopic (exact) mass is 371 g/mol. The zero-order valence-electron chi connectivity index (χ0n) is 10.6. The lowest BCUT2D eigenvalue weighted by Gasteiger charge is -2.14. The van der Waals surface area contributed by atoms with Gasteiger partial charge in [-0.2, -0.15) is 0 Å². The van der Waals surface area contributed by atoms with Gasteiger partial charge >= 0.3 is 0 Å². The van der Waals surface area contributed by atoms with Crippen molar-refractivity contribution >= 4 is 39.1 Å². The Morgan fingerprint density at radius 2 is 1.81 bits per heavy atom. The van der Waals surface area contributed by atoms with Gasteiger partial charge in [0.2, 0.25) is 5.91 Å². The number of fused-ring (bicyclic) bond motifs is 1. The molecule has 6 heteroatoms. The van der Waals surface area contributed by atoms with E-state index in [4.69, 9.17) is 11.6 Å². The molecule has 1 aliphatic heterocycles. The summed E-state index contributed by atoms with van der Waals surface area (Å²) in [5.41, 5.74) is 2.59. The van der Waals surface area contributed by atoms with Crippen LogP contribution in [0.4, 0.5) is 14.5 Å². The average Bonchev–Trinajstić information content (AvgIpc) is 2.75. The Kier molecular flexibility index (Phi) is 3.71. The van der Waals surface area contributed by atoms with Crippen LogP contribution < -0.4 is 5.32 Å². The van der Waals surface area contributed by atoms with Crippen LogP contribution in [0.1, 0.15) is 21.5 Å². The second kappa shape index (κ2) is 5.39. The van der Waals surface area contributed by atoms with Gasteiger partial charge in [0.05, 0.1) is 11.2 Å². The Morgan fingerprint density at radius 1 is 1.14 bits per heavy atom. The van der Waals surface area contributed by atoms with Crippen LogP contribution in [0, 0.1) is 11.6 Å². The second-order valence-corrected chi connectivity index (χ2v) is 6.14. The molecule has 1 aliphatic rings. The average molecular weight is 373 g/mol. The molecule has 0 saturated heterocycles. The summed E-state index contributed by atoms with van der Waals surface area (Å²) in [6.45, 7) is 0. The van der Waals surface area contributed by atoms with E-state index in [0.717, 1.165) is 11.6 Å². The van der Waals surface area contributed by atoms with Gasteiger partial charge in [-0.25, -0.2) is 8.78 Å². The highest BCUT2D eigenvalue weighted by Crippen LogP contribution is 2.39. The molecule has 2 aromatic carbocycles. The maximum atomic E-state index is 13.3. The number of hydrogen-bond donors (Lipinski definition) is 1. The van der Waals surface area contributed by atoms with Crippen molar-refractivity contribution in [1.82, 2.24) is 0 Å². The molecular weight excluding hydrogens is 364 g/mol. The Hall–Kier alpha value is -1.46. The number of hydrogen-bond acceptors (Lipinski definition) is 1. The van der Waals surface area contributed by atoms with E-state index in [1.807, 2.05) is 0 Å². The van der Waals surface area contributed by atoms with Gasteiger partial charge in [0.25, 0.3) is 0 Å². The standard InChI is InChI=1S/C15H9BrClF2NO/c16-15(8-1-9(18)5-10(19)2-8)11-3-7-4-14(21)20-13(7)6-12(11)17/h1-3,5-6,15H,4H2,(H,20,21). The molecule has 0 aromatic heterocycles. The molecule has 1 unspecified atom stereocenters. The topological polar surface area (TPSA) is 29.1 Å². The molecule has 1 amide bonds. The number of amides is 1. The van der Waals surface area contributed by atoms with E-state index in [1.165, 1.54) is 12.1 Å². The number of anilines is 1. The Bertz CT molecular complexity index is 730. The first-order valence-corrected chi connectivity index (χ1v) is 7.45. The molecule has 2 aromatic rings. The van der Waals surface area contributed by atoms with Gasteiger partial charge in [0.1, 0.15) is 11.6 Å². The van der Waals surface area contributed by atoms with Crippen molar-refractivity contribution in [2.45, 2.75) is 11.2 Å². The first-order chi connectivity index (χ1) is 9.94. The first-order valence-electron chi connectivity index (χ1n) is 6.16. The van der Waals surface area contributed by atoms with Crippen molar-refractivity contribution in [2.75, 3.05) is 5.32 Å². The highest BCUT2D eigenvalue weighted by atomic mass is 79.9. The van der Waals surface area contributed by atoms with Crippen LogP contribution in [-0.2, 0) is 11.2 Å². The molecule has 0 spiro atoms. The number of rotatable bonds is 2. The fourth-order valence-electron chi connectivity index (χ4n) is 2.36. The van der Waals surface area contributed by atoms with Gasteiger partial charge in [-0.15, -0.1) is 0 Å². The first kappa shape index (κ1) is 14.5. The molecular formula is C15H9BrClF2NO. The molecule has 1 N–H and O–H groups in total.